The molecule has 2 bridgehead atoms. The van der Waals surface area contributed by atoms with E-state index in [1.54, 1.807) is 0 Å². The van der Waals surface area contributed by atoms with Gasteiger partial charge in [-0.2, -0.15) is 0 Å². The number of hydrogen-bond acceptors (Lipinski definition) is 3. The van der Waals surface area contributed by atoms with Crippen molar-refractivity contribution in [3.05, 3.63) is 29.8 Å². The van der Waals surface area contributed by atoms with Crippen LogP contribution in [0.5, 0.6) is 5.75 Å². The summed E-state index contributed by atoms with van der Waals surface area (Å²) < 4.78 is 5.73. The molecule has 2 saturated heterocycles. The van der Waals surface area contributed by atoms with E-state index in [9.17, 15) is 5.11 Å². The molecule has 0 spiro atoms. The second-order valence-electron chi connectivity index (χ2n) is 6.72. The maximum absolute atomic E-state index is 11.2. The predicted molar refractivity (Wildman–Crippen MR) is 84.5 cm³/mol. The summed E-state index contributed by atoms with van der Waals surface area (Å²) in [5.74, 6) is 0.881. The van der Waals surface area contributed by atoms with Gasteiger partial charge in [0.15, 0.2) is 0 Å². The van der Waals surface area contributed by atoms with Gasteiger partial charge in [-0.25, -0.2) is 0 Å². The molecule has 3 heteroatoms. The first-order chi connectivity index (χ1) is 10.1. The van der Waals surface area contributed by atoms with E-state index in [-0.39, 0.29) is 0 Å². The lowest BCUT2D eigenvalue weighted by atomic mass is 9.73. The first-order valence-corrected chi connectivity index (χ1v) is 8.30. The number of nitrogens with zero attached hydrogens (tertiary/aromatic N) is 1. The van der Waals surface area contributed by atoms with Crippen LogP contribution in [0.15, 0.2) is 24.3 Å². The van der Waals surface area contributed by atoms with Crippen molar-refractivity contribution in [2.45, 2.75) is 63.1 Å². The Morgan fingerprint density at radius 1 is 1.29 bits per heavy atom. The third-order valence-electron chi connectivity index (χ3n) is 5.22. The molecule has 21 heavy (non-hydrogen) atoms. The van der Waals surface area contributed by atoms with Crippen molar-refractivity contribution in [1.29, 1.82) is 0 Å². The van der Waals surface area contributed by atoms with E-state index in [1.807, 2.05) is 18.2 Å². The van der Waals surface area contributed by atoms with Crippen molar-refractivity contribution in [2.75, 3.05) is 13.7 Å². The standard InChI is InChI=1S/C18H27NO2/c1-3-10-21-17-9-4-6-14(11-17)18(20)12-15-7-5-8-16(13-18)19(15)2/h4,6,9,11,15-16,20H,3,5,7-8,10,12-13H2,1-2H3. The zero-order valence-corrected chi connectivity index (χ0v) is 13.2. The first-order valence-electron chi connectivity index (χ1n) is 8.30. The zero-order valence-electron chi connectivity index (χ0n) is 13.2. The maximum atomic E-state index is 11.2. The highest BCUT2D eigenvalue weighted by molar-refractivity contribution is 5.33. The molecule has 1 aromatic rings. The fraction of sp³-hybridized carbons (Fsp3) is 0.667. The molecule has 0 aliphatic carbocycles. The molecule has 3 rings (SSSR count). The third kappa shape index (κ3) is 2.95. The predicted octanol–water partition coefficient (Wildman–Crippen LogP) is 3.31. The van der Waals surface area contributed by atoms with E-state index < -0.39 is 5.60 Å². The molecule has 0 radical (unpaired) electrons. The second-order valence-corrected chi connectivity index (χ2v) is 6.72. The number of fused-ring (bicyclic) bond motifs is 2. The molecule has 2 aliphatic heterocycles. The smallest absolute Gasteiger partial charge is 0.119 e. The molecule has 0 aromatic heterocycles. The molecule has 116 valence electrons. The summed E-state index contributed by atoms with van der Waals surface area (Å²) in [4.78, 5) is 2.48. The minimum Gasteiger partial charge on any atom is -0.494 e. The number of aliphatic hydroxyl groups is 1. The van der Waals surface area contributed by atoms with Crippen LogP contribution in [0.25, 0.3) is 0 Å². The lowest BCUT2D eigenvalue weighted by Gasteiger charge is -2.50. The van der Waals surface area contributed by atoms with Gasteiger partial charge in [0.1, 0.15) is 5.75 Å². The molecule has 1 aromatic carbocycles. The molecule has 2 aliphatic rings. The normalized spacial score (nSPS) is 32.9. The number of benzene rings is 1. The average Bonchev–Trinajstić information content (AvgIpc) is 2.47. The van der Waals surface area contributed by atoms with Gasteiger partial charge in [-0.1, -0.05) is 25.5 Å². The minimum absolute atomic E-state index is 0.516. The van der Waals surface area contributed by atoms with Gasteiger partial charge in [0.2, 0.25) is 0 Å². The minimum atomic E-state index is -0.687. The quantitative estimate of drug-likeness (QED) is 0.923. The van der Waals surface area contributed by atoms with Gasteiger partial charge in [-0.3, -0.25) is 0 Å². The van der Waals surface area contributed by atoms with E-state index in [0.717, 1.165) is 37.2 Å². The summed E-state index contributed by atoms with van der Waals surface area (Å²) in [6, 6.07) is 9.12. The SMILES string of the molecule is CCCOc1cccc(C2(O)CC3CCCC(C2)N3C)c1. The number of ether oxygens (including phenoxy) is 1. The van der Waals surface area contributed by atoms with Gasteiger partial charge in [-0.15, -0.1) is 0 Å². The Kier molecular flexibility index (Phi) is 4.23. The van der Waals surface area contributed by atoms with E-state index in [4.69, 9.17) is 4.74 Å². The monoisotopic (exact) mass is 289 g/mol. The first kappa shape index (κ1) is 14.9. The molecular formula is C18H27NO2. The fourth-order valence-corrected chi connectivity index (χ4v) is 3.98. The van der Waals surface area contributed by atoms with E-state index in [0.29, 0.717) is 12.1 Å². The highest BCUT2D eigenvalue weighted by atomic mass is 16.5. The number of piperidine rings is 2. The summed E-state index contributed by atoms with van der Waals surface area (Å²) in [6.07, 6.45) is 6.41. The molecule has 0 amide bonds. The van der Waals surface area contributed by atoms with Crippen LogP contribution in [0.4, 0.5) is 0 Å². The Bertz CT molecular complexity index is 474. The molecule has 1 N–H and O–H groups in total. The summed E-state index contributed by atoms with van der Waals surface area (Å²) >= 11 is 0. The lowest BCUT2D eigenvalue weighted by molar-refractivity contribution is -0.0875. The van der Waals surface area contributed by atoms with Crippen LogP contribution in [0.3, 0.4) is 0 Å². The number of hydrogen-bond donors (Lipinski definition) is 1. The van der Waals surface area contributed by atoms with Crippen molar-refractivity contribution in [3.63, 3.8) is 0 Å². The van der Waals surface area contributed by atoms with Crippen LogP contribution in [-0.2, 0) is 5.60 Å². The summed E-state index contributed by atoms with van der Waals surface area (Å²) in [6.45, 7) is 2.84. The Morgan fingerprint density at radius 2 is 2.00 bits per heavy atom. The van der Waals surface area contributed by atoms with E-state index in [1.165, 1.54) is 19.3 Å². The molecule has 3 nitrogen and oxygen atoms in total. The highest BCUT2D eigenvalue weighted by Gasteiger charge is 2.44. The summed E-state index contributed by atoms with van der Waals surface area (Å²) in [7, 11) is 2.22. The van der Waals surface area contributed by atoms with Crippen molar-refractivity contribution >= 4 is 0 Å². The lowest BCUT2D eigenvalue weighted by Crippen LogP contribution is -2.55. The maximum Gasteiger partial charge on any atom is 0.119 e. The molecular weight excluding hydrogens is 262 g/mol. The van der Waals surface area contributed by atoms with Crippen LogP contribution in [0, 0.1) is 0 Å². The molecule has 2 heterocycles. The van der Waals surface area contributed by atoms with Crippen molar-refractivity contribution in [3.8, 4) is 5.75 Å². The van der Waals surface area contributed by atoms with Gasteiger partial charge < -0.3 is 14.7 Å². The molecule has 2 fully saturated rings. The van der Waals surface area contributed by atoms with E-state index >= 15 is 0 Å². The van der Waals surface area contributed by atoms with Crippen LogP contribution < -0.4 is 4.74 Å². The van der Waals surface area contributed by atoms with Crippen LogP contribution >= 0.6 is 0 Å². The van der Waals surface area contributed by atoms with Crippen LogP contribution in [-0.4, -0.2) is 35.7 Å². The Morgan fingerprint density at radius 3 is 2.67 bits per heavy atom. The third-order valence-corrected chi connectivity index (χ3v) is 5.22. The molecule has 2 atom stereocenters. The largest absolute Gasteiger partial charge is 0.494 e. The second kappa shape index (κ2) is 5.98. The number of rotatable bonds is 4. The van der Waals surface area contributed by atoms with Crippen molar-refractivity contribution in [1.82, 2.24) is 4.90 Å². The molecule has 2 unspecified atom stereocenters. The Hall–Kier alpha value is -1.06. The summed E-state index contributed by atoms with van der Waals surface area (Å²) in [5.41, 5.74) is 0.342. The topological polar surface area (TPSA) is 32.7 Å². The van der Waals surface area contributed by atoms with Crippen LogP contribution in [0.1, 0.15) is 51.0 Å². The zero-order chi connectivity index (χ0) is 14.9. The van der Waals surface area contributed by atoms with Gasteiger partial charge >= 0.3 is 0 Å². The van der Waals surface area contributed by atoms with E-state index in [2.05, 4.69) is 24.9 Å². The van der Waals surface area contributed by atoms with Crippen LogP contribution in [0.2, 0.25) is 0 Å². The van der Waals surface area contributed by atoms with Gasteiger partial charge in [0.05, 0.1) is 12.2 Å². The Balaban J connectivity index is 1.82. The van der Waals surface area contributed by atoms with Gasteiger partial charge in [-0.05, 0) is 56.8 Å². The fourth-order valence-electron chi connectivity index (χ4n) is 3.98. The van der Waals surface area contributed by atoms with Gasteiger partial charge in [0.25, 0.3) is 0 Å². The van der Waals surface area contributed by atoms with Gasteiger partial charge in [0, 0.05) is 12.1 Å². The average molecular weight is 289 g/mol. The highest BCUT2D eigenvalue weighted by Crippen LogP contribution is 2.44. The summed E-state index contributed by atoms with van der Waals surface area (Å²) in [5, 5.41) is 11.2. The molecule has 0 saturated carbocycles. The van der Waals surface area contributed by atoms with Crippen molar-refractivity contribution in [2.24, 2.45) is 0 Å². The Labute approximate surface area is 127 Å². The van der Waals surface area contributed by atoms with Crippen molar-refractivity contribution < 1.29 is 9.84 Å².